The van der Waals surface area contributed by atoms with Gasteiger partial charge < -0.3 is 25.4 Å². The van der Waals surface area contributed by atoms with Crippen molar-refractivity contribution >= 4 is 17.0 Å². The maximum absolute atomic E-state index is 10.4. The second kappa shape index (κ2) is 6.83. The van der Waals surface area contributed by atoms with Crippen LogP contribution in [0.25, 0.3) is 11.2 Å². The van der Waals surface area contributed by atoms with Crippen LogP contribution < -0.4 is 5.73 Å². The molecule has 1 aliphatic carbocycles. The molecule has 1 saturated carbocycles. The Morgan fingerprint density at radius 1 is 1.16 bits per heavy atom. The van der Waals surface area contributed by atoms with Crippen LogP contribution in [-0.2, 0) is 9.47 Å². The van der Waals surface area contributed by atoms with Gasteiger partial charge in [-0.2, -0.15) is 0 Å². The third-order valence-corrected chi connectivity index (χ3v) is 5.05. The molecule has 25 heavy (non-hydrogen) atoms. The molecule has 4 N–H and O–H groups in total. The highest BCUT2D eigenvalue weighted by molar-refractivity contribution is 5.81. The van der Waals surface area contributed by atoms with Gasteiger partial charge in [-0.05, 0) is 12.8 Å². The van der Waals surface area contributed by atoms with Gasteiger partial charge in [-0.15, -0.1) is 0 Å². The number of hydrogen-bond donors (Lipinski definition) is 3. The first-order chi connectivity index (χ1) is 12.1. The van der Waals surface area contributed by atoms with Gasteiger partial charge in [-0.1, -0.05) is 19.3 Å². The van der Waals surface area contributed by atoms with Gasteiger partial charge in [-0.25, -0.2) is 15.0 Å². The summed E-state index contributed by atoms with van der Waals surface area (Å²) >= 11 is 0. The highest BCUT2D eigenvalue weighted by Gasteiger charge is 2.44. The second-order valence-electron chi connectivity index (χ2n) is 6.72. The van der Waals surface area contributed by atoms with E-state index in [-0.39, 0.29) is 18.5 Å². The van der Waals surface area contributed by atoms with Gasteiger partial charge in [0.2, 0.25) is 0 Å². The molecule has 136 valence electrons. The molecular weight excluding hydrogens is 326 g/mol. The van der Waals surface area contributed by atoms with Gasteiger partial charge in [0.25, 0.3) is 0 Å². The van der Waals surface area contributed by atoms with Crippen LogP contribution in [0.3, 0.4) is 0 Å². The van der Waals surface area contributed by atoms with Crippen LogP contribution in [0.2, 0.25) is 0 Å². The predicted octanol–water partition coefficient (Wildman–Crippen LogP) is 0.377. The van der Waals surface area contributed by atoms with Crippen LogP contribution in [0.15, 0.2) is 12.7 Å². The van der Waals surface area contributed by atoms with Crippen molar-refractivity contribution in [3.63, 3.8) is 0 Å². The lowest BCUT2D eigenvalue weighted by Crippen LogP contribution is -2.35. The van der Waals surface area contributed by atoms with E-state index in [2.05, 4.69) is 15.0 Å². The number of ether oxygens (including phenoxy) is 2. The van der Waals surface area contributed by atoms with E-state index in [1.165, 1.54) is 31.9 Å². The molecule has 0 bridgehead atoms. The van der Waals surface area contributed by atoms with Crippen molar-refractivity contribution in [2.24, 2.45) is 0 Å². The van der Waals surface area contributed by atoms with E-state index in [0.29, 0.717) is 11.2 Å². The summed E-state index contributed by atoms with van der Waals surface area (Å²) in [6.45, 7) is 0.253. The van der Waals surface area contributed by atoms with Crippen molar-refractivity contribution in [2.75, 3.05) is 12.3 Å². The van der Waals surface area contributed by atoms with Crippen LogP contribution in [0.1, 0.15) is 38.3 Å². The third kappa shape index (κ3) is 3.08. The summed E-state index contributed by atoms with van der Waals surface area (Å²) in [5, 5.41) is 20.7. The standard InChI is InChI=1S/C16H23N5O4/c17-14-11-15(19-7-18-14)21(8-20-11)16-13(23)12(22)10(25-16)6-24-9-4-2-1-3-5-9/h7-10,12-13,16,22-23H,1-6H2,(H2,17,18,19)/t10-,12-,13-,16-/m1/s1. The van der Waals surface area contributed by atoms with Crippen molar-refractivity contribution in [1.82, 2.24) is 19.5 Å². The number of nitrogen functional groups attached to an aromatic ring is 1. The fraction of sp³-hybridized carbons (Fsp3) is 0.688. The molecule has 4 atom stereocenters. The molecule has 1 saturated heterocycles. The van der Waals surface area contributed by atoms with Crippen molar-refractivity contribution in [3.05, 3.63) is 12.7 Å². The van der Waals surface area contributed by atoms with E-state index in [1.54, 1.807) is 4.57 Å². The zero-order chi connectivity index (χ0) is 17.4. The fourth-order valence-electron chi connectivity index (χ4n) is 3.62. The molecule has 0 radical (unpaired) electrons. The Morgan fingerprint density at radius 3 is 2.76 bits per heavy atom. The molecule has 9 nitrogen and oxygen atoms in total. The minimum atomic E-state index is -1.10. The minimum Gasteiger partial charge on any atom is -0.387 e. The zero-order valence-corrected chi connectivity index (χ0v) is 13.9. The van der Waals surface area contributed by atoms with E-state index in [9.17, 15) is 10.2 Å². The third-order valence-electron chi connectivity index (χ3n) is 5.05. The number of aromatic nitrogens is 4. The molecule has 2 aromatic heterocycles. The smallest absolute Gasteiger partial charge is 0.167 e. The Hall–Kier alpha value is -1.81. The molecule has 2 aromatic rings. The van der Waals surface area contributed by atoms with E-state index in [1.807, 2.05) is 0 Å². The van der Waals surface area contributed by atoms with E-state index < -0.39 is 24.5 Å². The maximum Gasteiger partial charge on any atom is 0.167 e. The van der Waals surface area contributed by atoms with Gasteiger partial charge in [-0.3, -0.25) is 4.57 Å². The number of anilines is 1. The number of nitrogens with two attached hydrogens (primary N) is 1. The van der Waals surface area contributed by atoms with Crippen LogP contribution in [-0.4, -0.2) is 60.8 Å². The number of fused-ring (bicyclic) bond motifs is 1. The van der Waals surface area contributed by atoms with Crippen molar-refractivity contribution in [3.8, 4) is 0 Å². The summed E-state index contributed by atoms with van der Waals surface area (Å²) in [6.07, 6.45) is 5.17. The summed E-state index contributed by atoms with van der Waals surface area (Å²) in [7, 11) is 0. The first-order valence-electron chi connectivity index (χ1n) is 8.71. The molecule has 4 rings (SSSR count). The van der Waals surface area contributed by atoms with Crippen molar-refractivity contribution in [1.29, 1.82) is 0 Å². The first-order valence-corrected chi connectivity index (χ1v) is 8.71. The van der Waals surface area contributed by atoms with Gasteiger partial charge >= 0.3 is 0 Å². The molecule has 2 fully saturated rings. The molecule has 0 spiro atoms. The van der Waals surface area contributed by atoms with Crippen molar-refractivity contribution in [2.45, 2.75) is 62.7 Å². The highest BCUT2D eigenvalue weighted by Crippen LogP contribution is 2.32. The van der Waals surface area contributed by atoms with E-state index in [0.717, 1.165) is 12.8 Å². The number of nitrogens with zero attached hydrogens (tertiary/aromatic N) is 4. The number of imidazole rings is 1. The minimum absolute atomic E-state index is 0.211. The number of rotatable bonds is 4. The van der Waals surface area contributed by atoms with Gasteiger partial charge in [0, 0.05) is 0 Å². The largest absolute Gasteiger partial charge is 0.387 e. The Kier molecular flexibility index (Phi) is 4.55. The quantitative estimate of drug-likeness (QED) is 0.722. The molecule has 2 aliphatic rings. The summed E-state index contributed by atoms with van der Waals surface area (Å²) in [4.78, 5) is 12.2. The average Bonchev–Trinajstić information content (AvgIpc) is 3.18. The van der Waals surface area contributed by atoms with E-state index >= 15 is 0 Å². The summed E-state index contributed by atoms with van der Waals surface area (Å²) in [5.41, 5.74) is 6.68. The van der Waals surface area contributed by atoms with Gasteiger partial charge in [0.05, 0.1) is 19.0 Å². The SMILES string of the molecule is Nc1ncnc2c1ncn2[C@@H]1O[C@H](COC2CCCCC2)[C@@H](O)[C@H]1O. The first kappa shape index (κ1) is 16.6. The topological polar surface area (TPSA) is 129 Å². The van der Waals surface area contributed by atoms with Gasteiger partial charge in [0.1, 0.15) is 30.2 Å². The average molecular weight is 349 g/mol. The lowest BCUT2D eigenvalue weighted by molar-refractivity contribution is -0.0859. The fourth-order valence-corrected chi connectivity index (χ4v) is 3.62. The number of aliphatic hydroxyl groups is 2. The Bertz CT molecular complexity index is 732. The van der Waals surface area contributed by atoms with Crippen LogP contribution in [0.4, 0.5) is 5.82 Å². The monoisotopic (exact) mass is 349 g/mol. The zero-order valence-electron chi connectivity index (χ0n) is 13.9. The Morgan fingerprint density at radius 2 is 1.96 bits per heavy atom. The maximum atomic E-state index is 10.4. The van der Waals surface area contributed by atoms with Crippen molar-refractivity contribution < 1.29 is 19.7 Å². The molecule has 0 aromatic carbocycles. The lowest BCUT2D eigenvalue weighted by atomic mass is 9.98. The highest BCUT2D eigenvalue weighted by atomic mass is 16.6. The predicted molar refractivity (Wildman–Crippen MR) is 88.5 cm³/mol. The van der Waals surface area contributed by atoms with Crippen LogP contribution in [0.5, 0.6) is 0 Å². The molecule has 3 heterocycles. The Labute approximate surface area is 144 Å². The number of aliphatic hydroxyl groups excluding tert-OH is 2. The Balaban J connectivity index is 1.48. The van der Waals surface area contributed by atoms with Gasteiger partial charge in [0.15, 0.2) is 17.7 Å². The molecule has 0 unspecified atom stereocenters. The molecular formula is C16H23N5O4. The van der Waals surface area contributed by atoms with Crippen LogP contribution >= 0.6 is 0 Å². The normalized spacial score (nSPS) is 31.0. The van der Waals surface area contributed by atoms with Crippen LogP contribution in [0, 0.1) is 0 Å². The summed E-state index contributed by atoms with van der Waals surface area (Å²) in [5.74, 6) is 0.258. The second-order valence-corrected chi connectivity index (χ2v) is 6.72. The summed E-state index contributed by atoms with van der Waals surface area (Å²) in [6, 6.07) is 0. The molecule has 0 amide bonds. The summed E-state index contributed by atoms with van der Waals surface area (Å²) < 4.78 is 13.3. The molecule has 1 aliphatic heterocycles. The molecule has 9 heteroatoms. The van der Waals surface area contributed by atoms with E-state index in [4.69, 9.17) is 15.2 Å². The lowest BCUT2D eigenvalue weighted by Gasteiger charge is -2.24. The number of hydrogen-bond acceptors (Lipinski definition) is 8.